The molecular weight excluding hydrogens is 354 g/mol. The quantitative estimate of drug-likeness (QED) is 0.501. The van der Waals surface area contributed by atoms with Gasteiger partial charge in [0.25, 0.3) is 0 Å². The van der Waals surface area contributed by atoms with Gasteiger partial charge in [-0.15, -0.1) is 0 Å². The van der Waals surface area contributed by atoms with Crippen molar-refractivity contribution in [2.45, 2.75) is 13.8 Å². The third-order valence-corrected chi connectivity index (χ3v) is 4.04. The monoisotopic (exact) mass is 373 g/mol. The van der Waals surface area contributed by atoms with E-state index in [1.807, 2.05) is 24.4 Å². The van der Waals surface area contributed by atoms with E-state index in [1.165, 1.54) is 11.1 Å². The second-order valence-electron chi connectivity index (χ2n) is 5.16. The van der Waals surface area contributed by atoms with E-state index in [9.17, 15) is 0 Å². The number of ether oxygens (including phenoxy) is 2. The van der Waals surface area contributed by atoms with Crippen LogP contribution in [0.3, 0.4) is 0 Å². The summed E-state index contributed by atoms with van der Waals surface area (Å²) in [6.45, 7) is 8.25. The predicted molar refractivity (Wildman–Crippen MR) is 99.6 cm³/mol. The summed E-state index contributed by atoms with van der Waals surface area (Å²) in [4.78, 5) is 4.53. The summed E-state index contributed by atoms with van der Waals surface area (Å²) < 4.78 is 11.8. The van der Waals surface area contributed by atoms with Crippen molar-refractivity contribution < 1.29 is 9.47 Å². The summed E-state index contributed by atoms with van der Waals surface area (Å²) in [5.41, 5.74) is 4.34. The average Bonchev–Trinajstić information content (AvgIpc) is 2.54. The van der Waals surface area contributed by atoms with Crippen molar-refractivity contribution in [1.82, 2.24) is 0 Å². The summed E-state index contributed by atoms with van der Waals surface area (Å²) in [5, 5.41) is 0. The van der Waals surface area contributed by atoms with Gasteiger partial charge in [-0.2, -0.15) is 0 Å². The maximum Gasteiger partial charge on any atom is 0.175 e. The number of halogens is 1. The van der Waals surface area contributed by atoms with Crippen molar-refractivity contribution in [2.24, 2.45) is 4.99 Å². The fraction of sp³-hybridized carbons (Fsp3) is 0.211. The van der Waals surface area contributed by atoms with Crippen LogP contribution in [0.4, 0.5) is 5.69 Å². The Morgan fingerprint density at radius 3 is 2.61 bits per heavy atom. The topological polar surface area (TPSA) is 30.8 Å². The molecule has 0 spiro atoms. The molecule has 0 atom stereocenters. The SMILES string of the molecule is C=CCOc1c(Br)cc(C=Nc2ccc(C)c(C)c2)cc1OC. The minimum atomic E-state index is 0.422. The number of nitrogens with zero attached hydrogens (tertiary/aromatic N) is 1. The highest BCUT2D eigenvalue weighted by molar-refractivity contribution is 9.10. The van der Waals surface area contributed by atoms with Crippen LogP contribution in [0, 0.1) is 13.8 Å². The van der Waals surface area contributed by atoms with Gasteiger partial charge in [0.15, 0.2) is 11.5 Å². The van der Waals surface area contributed by atoms with E-state index in [0.29, 0.717) is 18.1 Å². The number of methoxy groups -OCH3 is 1. The lowest BCUT2D eigenvalue weighted by Crippen LogP contribution is -1.98. The highest BCUT2D eigenvalue weighted by Crippen LogP contribution is 2.36. The Morgan fingerprint density at radius 1 is 1.17 bits per heavy atom. The van der Waals surface area contributed by atoms with E-state index in [0.717, 1.165) is 15.7 Å². The molecule has 0 fully saturated rings. The first-order valence-electron chi connectivity index (χ1n) is 7.27. The summed E-state index contributed by atoms with van der Waals surface area (Å²) in [6, 6.07) is 10.00. The number of aryl methyl sites for hydroxylation is 2. The molecular formula is C19H20BrNO2. The lowest BCUT2D eigenvalue weighted by Gasteiger charge is -2.12. The van der Waals surface area contributed by atoms with Crippen molar-refractivity contribution >= 4 is 27.8 Å². The van der Waals surface area contributed by atoms with Gasteiger partial charge in [-0.1, -0.05) is 18.7 Å². The first-order chi connectivity index (χ1) is 11.0. The van der Waals surface area contributed by atoms with Crippen LogP contribution in [-0.4, -0.2) is 19.9 Å². The number of hydrogen-bond donors (Lipinski definition) is 0. The highest BCUT2D eigenvalue weighted by atomic mass is 79.9. The lowest BCUT2D eigenvalue weighted by atomic mass is 10.1. The van der Waals surface area contributed by atoms with E-state index in [1.54, 1.807) is 13.2 Å². The molecule has 0 N–H and O–H groups in total. The molecule has 2 aromatic rings. The van der Waals surface area contributed by atoms with Gasteiger partial charge in [-0.25, -0.2) is 0 Å². The Hall–Kier alpha value is -2.07. The molecule has 120 valence electrons. The minimum absolute atomic E-state index is 0.422. The van der Waals surface area contributed by atoms with Crippen LogP contribution in [0.15, 0.2) is 52.5 Å². The largest absolute Gasteiger partial charge is 0.493 e. The fourth-order valence-electron chi connectivity index (χ4n) is 2.05. The van der Waals surface area contributed by atoms with Crippen molar-refractivity contribution in [3.63, 3.8) is 0 Å². The Bertz CT molecular complexity index is 738. The zero-order chi connectivity index (χ0) is 16.8. The molecule has 0 heterocycles. The molecule has 4 heteroatoms. The molecule has 0 radical (unpaired) electrons. The molecule has 0 saturated carbocycles. The van der Waals surface area contributed by atoms with Crippen molar-refractivity contribution in [2.75, 3.05) is 13.7 Å². The fourth-order valence-corrected chi connectivity index (χ4v) is 2.63. The number of hydrogen-bond acceptors (Lipinski definition) is 3. The summed E-state index contributed by atoms with van der Waals surface area (Å²) >= 11 is 3.52. The Balaban J connectivity index is 2.29. The predicted octanol–water partition coefficient (Wildman–Crippen LogP) is 5.39. The van der Waals surface area contributed by atoms with Gasteiger partial charge in [-0.05, 0) is 70.7 Å². The molecule has 0 saturated heterocycles. The Morgan fingerprint density at radius 2 is 1.96 bits per heavy atom. The molecule has 0 amide bonds. The molecule has 0 bridgehead atoms. The molecule has 23 heavy (non-hydrogen) atoms. The third kappa shape index (κ3) is 4.45. The van der Waals surface area contributed by atoms with Crippen LogP contribution in [-0.2, 0) is 0 Å². The van der Waals surface area contributed by atoms with E-state index in [2.05, 4.69) is 53.5 Å². The van der Waals surface area contributed by atoms with Crippen molar-refractivity contribution in [3.8, 4) is 11.5 Å². The third-order valence-electron chi connectivity index (χ3n) is 3.45. The zero-order valence-electron chi connectivity index (χ0n) is 13.6. The second kappa shape index (κ2) is 7.97. The first kappa shape index (κ1) is 17.3. The number of rotatable bonds is 6. The molecule has 0 unspecified atom stereocenters. The minimum Gasteiger partial charge on any atom is -0.493 e. The van der Waals surface area contributed by atoms with Crippen molar-refractivity contribution in [1.29, 1.82) is 0 Å². The zero-order valence-corrected chi connectivity index (χ0v) is 15.2. The van der Waals surface area contributed by atoms with Gasteiger partial charge < -0.3 is 9.47 Å². The molecule has 0 aromatic heterocycles. The summed E-state index contributed by atoms with van der Waals surface area (Å²) in [5.74, 6) is 1.32. The van der Waals surface area contributed by atoms with E-state index in [4.69, 9.17) is 9.47 Å². The molecule has 2 rings (SSSR count). The first-order valence-corrected chi connectivity index (χ1v) is 8.07. The van der Waals surface area contributed by atoms with Crippen LogP contribution < -0.4 is 9.47 Å². The standard InChI is InChI=1S/C19H20BrNO2/c1-5-8-23-19-17(20)10-15(11-18(19)22-4)12-21-16-7-6-13(2)14(3)9-16/h5-7,9-12H,1,8H2,2-4H3. The van der Waals surface area contributed by atoms with Gasteiger partial charge in [0.1, 0.15) is 6.61 Å². The van der Waals surface area contributed by atoms with Crippen LogP contribution in [0.1, 0.15) is 16.7 Å². The smallest absolute Gasteiger partial charge is 0.175 e. The Labute approximate surface area is 145 Å². The second-order valence-corrected chi connectivity index (χ2v) is 6.01. The summed E-state index contributed by atoms with van der Waals surface area (Å²) in [6.07, 6.45) is 3.51. The molecule has 2 aromatic carbocycles. The van der Waals surface area contributed by atoms with Crippen LogP contribution in [0.25, 0.3) is 0 Å². The molecule has 0 aliphatic carbocycles. The highest BCUT2D eigenvalue weighted by Gasteiger charge is 2.10. The average molecular weight is 374 g/mol. The number of benzene rings is 2. The van der Waals surface area contributed by atoms with Crippen LogP contribution in [0.5, 0.6) is 11.5 Å². The number of aliphatic imine (C=N–C) groups is 1. The van der Waals surface area contributed by atoms with Crippen LogP contribution >= 0.6 is 15.9 Å². The Kier molecular flexibility index (Phi) is 5.99. The lowest BCUT2D eigenvalue weighted by molar-refractivity contribution is 0.324. The van der Waals surface area contributed by atoms with Gasteiger partial charge in [0.05, 0.1) is 17.3 Å². The van der Waals surface area contributed by atoms with E-state index in [-0.39, 0.29) is 0 Å². The van der Waals surface area contributed by atoms with E-state index >= 15 is 0 Å². The maximum atomic E-state index is 5.62. The molecule has 0 aliphatic heterocycles. The van der Waals surface area contributed by atoms with E-state index < -0.39 is 0 Å². The van der Waals surface area contributed by atoms with Gasteiger partial charge >= 0.3 is 0 Å². The van der Waals surface area contributed by atoms with Crippen LogP contribution in [0.2, 0.25) is 0 Å². The maximum absolute atomic E-state index is 5.62. The molecule has 3 nitrogen and oxygen atoms in total. The van der Waals surface area contributed by atoms with Gasteiger partial charge in [-0.3, -0.25) is 4.99 Å². The normalized spacial score (nSPS) is 10.8. The van der Waals surface area contributed by atoms with Crippen molar-refractivity contribution in [3.05, 3.63) is 64.1 Å². The van der Waals surface area contributed by atoms with Gasteiger partial charge in [0, 0.05) is 6.21 Å². The summed E-state index contributed by atoms with van der Waals surface area (Å²) in [7, 11) is 1.62. The van der Waals surface area contributed by atoms with Gasteiger partial charge in [0.2, 0.25) is 0 Å². The molecule has 0 aliphatic rings.